The predicted molar refractivity (Wildman–Crippen MR) is 117 cm³/mol. The molecule has 0 bridgehead atoms. The lowest BCUT2D eigenvalue weighted by molar-refractivity contribution is -0.384. The van der Waals surface area contributed by atoms with E-state index >= 15 is 0 Å². The minimum Gasteiger partial charge on any atom is -0.332 e. The van der Waals surface area contributed by atoms with E-state index in [0.717, 1.165) is 16.7 Å². The molecule has 0 aliphatic rings. The molecule has 29 heavy (non-hydrogen) atoms. The third-order valence-corrected chi connectivity index (χ3v) is 4.65. The highest BCUT2D eigenvalue weighted by atomic mass is 32.1. The second-order valence-electron chi connectivity index (χ2n) is 6.45. The molecule has 0 heterocycles. The molecule has 0 atom stereocenters. The van der Waals surface area contributed by atoms with Gasteiger partial charge in [-0.1, -0.05) is 66.7 Å². The first-order valence-corrected chi connectivity index (χ1v) is 9.33. The van der Waals surface area contributed by atoms with Crippen LogP contribution in [0.5, 0.6) is 0 Å². The molecule has 1 amide bonds. The van der Waals surface area contributed by atoms with E-state index < -0.39 is 10.8 Å². The molecule has 3 aromatic rings. The summed E-state index contributed by atoms with van der Waals surface area (Å²) in [6, 6.07) is 23.3. The first-order valence-electron chi connectivity index (χ1n) is 8.92. The van der Waals surface area contributed by atoms with E-state index in [2.05, 4.69) is 10.6 Å². The quantitative estimate of drug-likeness (QED) is 0.370. The molecule has 3 rings (SSSR count). The van der Waals surface area contributed by atoms with E-state index in [1.165, 1.54) is 12.1 Å². The molecule has 0 aromatic heterocycles. The summed E-state index contributed by atoms with van der Waals surface area (Å²) in [4.78, 5) is 23.6. The van der Waals surface area contributed by atoms with Gasteiger partial charge >= 0.3 is 0 Å². The first kappa shape index (κ1) is 20.2. The van der Waals surface area contributed by atoms with Crippen molar-refractivity contribution in [1.82, 2.24) is 5.32 Å². The van der Waals surface area contributed by atoms with Gasteiger partial charge in [-0.05, 0) is 35.8 Å². The number of non-ortho nitro benzene ring substituents is 1. The number of aryl methyl sites for hydroxylation is 1. The zero-order valence-electron chi connectivity index (χ0n) is 15.7. The van der Waals surface area contributed by atoms with Crippen LogP contribution in [0, 0.1) is 17.0 Å². The Hall–Kier alpha value is -3.58. The third-order valence-electron chi connectivity index (χ3n) is 4.44. The van der Waals surface area contributed by atoms with Crippen molar-refractivity contribution in [3.8, 4) is 0 Å². The number of anilines is 1. The van der Waals surface area contributed by atoms with Crippen molar-refractivity contribution in [2.45, 2.75) is 12.8 Å². The highest BCUT2D eigenvalue weighted by Crippen LogP contribution is 2.25. The van der Waals surface area contributed by atoms with Gasteiger partial charge in [-0.3, -0.25) is 14.9 Å². The summed E-state index contributed by atoms with van der Waals surface area (Å²) in [6.45, 7) is 1.80. The second-order valence-corrected chi connectivity index (χ2v) is 6.86. The molecule has 0 saturated carbocycles. The average molecular weight is 405 g/mol. The Labute approximate surface area is 173 Å². The number of thiocarbonyl (C=S) groups is 1. The Morgan fingerprint density at radius 1 is 0.966 bits per heavy atom. The van der Waals surface area contributed by atoms with Gasteiger partial charge in [0.15, 0.2) is 5.11 Å². The van der Waals surface area contributed by atoms with Crippen LogP contribution in [0.15, 0.2) is 78.9 Å². The van der Waals surface area contributed by atoms with Crippen LogP contribution in [-0.4, -0.2) is 15.9 Å². The number of carbonyl (C=O) groups is 1. The fourth-order valence-corrected chi connectivity index (χ4v) is 3.19. The molecule has 146 valence electrons. The number of nitro groups is 1. The second kappa shape index (κ2) is 9.07. The number of carbonyl (C=O) groups excluding carboxylic acids is 1. The summed E-state index contributed by atoms with van der Waals surface area (Å²) in [6.07, 6.45) is 0. The molecule has 0 aliphatic carbocycles. The van der Waals surface area contributed by atoms with Gasteiger partial charge in [0, 0.05) is 17.8 Å². The zero-order chi connectivity index (χ0) is 20.8. The molecule has 0 aliphatic heterocycles. The topological polar surface area (TPSA) is 84.3 Å². The highest BCUT2D eigenvalue weighted by Gasteiger charge is 2.23. The number of nitrogens with zero attached hydrogens (tertiary/aromatic N) is 1. The van der Waals surface area contributed by atoms with Gasteiger partial charge in [0.1, 0.15) is 0 Å². The Morgan fingerprint density at radius 3 is 2.03 bits per heavy atom. The molecule has 0 spiro atoms. The summed E-state index contributed by atoms with van der Waals surface area (Å²) in [5, 5.41) is 16.7. The molecule has 2 N–H and O–H groups in total. The van der Waals surface area contributed by atoms with E-state index in [1.807, 2.05) is 60.7 Å². The van der Waals surface area contributed by atoms with Gasteiger partial charge in [-0.15, -0.1) is 0 Å². The van der Waals surface area contributed by atoms with Gasteiger partial charge in [-0.25, -0.2) is 0 Å². The van der Waals surface area contributed by atoms with Crippen LogP contribution in [0.1, 0.15) is 22.6 Å². The third kappa shape index (κ3) is 5.03. The van der Waals surface area contributed by atoms with Gasteiger partial charge in [-0.2, -0.15) is 0 Å². The van der Waals surface area contributed by atoms with Crippen molar-refractivity contribution in [1.29, 1.82) is 0 Å². The number of benzene rings is 3. The number of rotatable bonds is 5. The molecule has 0 radical (unpaired) electrons. The molecule has 3 aromatic carbocycles. The van der Waals surface area contributed by atoms with E-state index in [1.54, 1.807) is 13.0 Å². The predicted octanol–water partition coefficient (Wildman–Crippen LogP) is 4.55. The SMILES string of the molecule is Cc1ccc([N+](=O)[O-])cc1NC(=S)NC(=O)C(c1ccccc1)c1ccccc1. The van der Waals surface area contributed by atoms with Gasteiger partial charge in [0.05, 0.1) is 10.8 Å². The van der Waals surface area contributed by atoms with Crippen molar-refractivity contribution in [3.63, 3.8) is 0 Å². The van der Waals surface area contributed by atoms with E-state index in [9.17, 15) is 14.9 Å². The summed E-state index contributed by atoms with van der Waals surface area (Å²) in [7, 11) is 0. The van der Waals surface area contributed by atoms with Crippen molar-refractivity contribution in [2.75, 3.05) is 5.32 Å². The first-order chi connectivity index (χ1) is 14.0. The zero-order valence-corrected chi connectivity index (χ0v) is 16.5. The van der Waals surface area contributed by atoms with Crippen molar-refractivity contribution in [2.24, 2.45) is 0 Å². The average Bonchev–Trinajstić information content (AvgIpc) is 2.71. The van der Waals surface area contributed by atoms with Crippen LogP contribution >= 0.6 is 12.2 Å². The number of nitrogens with one attached hydrogen (secondary N) is 2. The van der Waals surface area contributed by atoms with E-state index in [0.29, 0.717) is 5.69 Å². The number of hydrogen-bond acceptors (Lipinski definition) is 4. The Balaban J connectivity index is 1.81. The van der Waals surface area contributed by atoms with Crippen molar-refractivity contribution in [3.05, 3.63) is 106 Å². The van der Waals surface area contributed by atoms with E-state index in [-0.39, 0.29) is 16.7 Å². The lowest BCUT2D eigenvalue weighted by Gasteiger charge is -2.19. The number of hydrogen-bond donors (Lipinski definition) is 2. The minimum absolute atomic E-state index is 0.0568. The fraction of sp³-hybridized carbons (Fsp3) is 0.0909. The molecule has 6 nitrogen and oxygen atoms in total. The van der Waals surface area contributed by atoms with Crippen LogP contribution in [0.25, 0.3) is 0 Å². The molecule has 0 saturated heterocycles. The maximum atomic E-state index is 13.1. The standard InChI is InChI=1S/C22H19N3O3S/c1-15-12-13-18(25(27)28)14-19(15)23-22(29)24-21(26)20(16-8-4-2-5-9-16)17-10-6-3-7-11-17/h2-14,20H,1H3,(H2,23,24,26,29). The maximum absolute atomic E-state index is 13.1. The summed E-state index contributed by atoms with van der Waals surface area (Å²) in [5.41, 5.74) is 2.87. The van der Waals surface area contributed by atoms with Crippen molar-refractivity contribution < 1.29 is 9.72 Å². The largest absolute Gasteiger partial charge is 0.332 e. The molecule has 7 heteroatoms. The Bertz CT molecular complexity index is 1000. The highest BCUT2D eigenvalue weighted by molar-refractivity contribution is 7.80. The van der Waals surface area contributed by atoms with Crippen LogP contribution in [0.4, 0.5) is 11.4 Å². The summed E-state index contributed by atoms with van der Waals surface area (Å²) >= 11 is 5.29. The smallest absolute Gasteiger partial charge is 0.271 e. The van der Waals surface area contributed by atoms with Gasteiger partial charge < -0.3 is 10.6 Å². The van der Waals surface area contributed by atoms with Crippen LogP contribution in [-0.2, 0) is 4.79 Å². The molecular weight excluding hydrogens is 386 g/mol. The monoisotopic (exact) mass is 405 g/mol. The molecule has 0 fully saturated rings. The minimum atomic E-state index is -0.539. The lowest BCUT2D eigenvalue weighted by atomic mass is 9.90. The Kier molecular flexibility index (Phi) is 6.31. The van der Waals surface area contributed by atoms with Gasteiger partial charge in [0.25, 0.3) is 5.69 Å². The maximum Gasteiger partial charge on any atom is 0.271 e. The summed E-state index contributed by atoms with van der Waals surface area (Å²) in [5.74, 6) is -0.827. The number of amides is 1. The summed E-state index contributed by atoms with van der Waals surface area (Å²) < 4.78 is 0. The number of nitro benzene ring substituents is 1. The van der Waals surface area contributed by atoms with Gasteiger partial charge in [0.2, 0.25) is 5.91 Å². The van der Waals surface area contributed by atoms with Crippen LogP contribution < -0.4 is 10.6 Å². The fourth-order valence-electron chi connectivity index (χ4n) is 2.98. The normalized spacial score (nSPS) is 10.4. The van der Waals surface area contributed by atoms with E-state index in [4.69, 9.17) is 12.2 Å². The van der Waals surface area contributed by atoms with Crippen LogP contribution in [0.3, 0.4) is 0 Å². The lowest BCUT2D eigenvalue weighted by Crippen LogP contribution is -2.38. The Morgan fingerprint density at radius 2 is 1.52 bits per heavy atom. The molecular formula is C22H19N3O3S. The molecule has 0 unspecified atom stereocenters. The van der Waals surface area contributed by atoms with Crippen molar-refractivity contribution >= 4 is 34.6 Å². The van der Waals surface area contributed by atoms with Crippen LogP contribution in [0.2, 0.25) is 0 Å².